The topological polar surface area (TPSA) is 182 Å². The molecular formula is C49H69ClN4O9. The Kier molecular flexibility index (Phi) is 17.6. The van der Waals surface area contributed by atoms with Crippen LogP contribution in [0.15, 0.2) is 54.6 Å². The number of halogens is 1. The number of carbonyl (C=O) groups is 6. The van der Waals surface area contributed by atoms with Gasteiger partial charge < -0.3 is 35.5 Å². The summed E-state index contributed by atoms with van der Waals surface area (Å²) in [4.78, 5) is 80.8. The first kappa shape index (κ1) is 50.9. The molecule has 2 aromatic rings. The summed E-state index contributed by atoms with van der Waals surface area (Å²) in [6.07, 6.45) is 2.95. The lowest BCUT2D eigenvalue weighted by atomic mass is 9.82. The van der Waals surface area contributed by atoms with Crippen LogP contribution in [-0.2, 0) is 51.1 Å². The van der Waals surface area contributed by atoms with E-state index < -0.39 is 59.4 Å². The second kappa shape index (κ2) is 21.8. The summed E-state index contributed by atoms with van der Waals surface area (Å²) in [5.74, 6) is -2.12. The number of esters is 1. The number of epoxide rings is 1. The van der Waals surface area contributed by atoms with Crippen LogP contribution in [0, 0.1) is 28.6 Å². The number of aryl methyl sites for hydroxylation is 1. The third-order valence-electron chi connectivity index (χ3n) is 12.5. The number of benzene rings is 2. The van der Waals surface area contributed by atoms with Crippen molar-refractivity contribution in [2.24, 2.45) is 28.6 Å². The summed E-state index contributed by atoms with van der Waals surface area (Å²) >= 11 is 6.40. The number of hydrogen-bond donors (Lipinski definition) is 4. The number of Topliss-reactive ketones (excluding diaryl/α,β-unsaturated/α-hetero) is 1. The highest BCUT2D eigenvalue weighted by atomic mass is 35.5. The molecular weight excluding hydrogens is 824 g/mol. The zero-order chi connectivity index (χ0) is 47.0. The SMILES string of the molecule is COc1ccc(C[C@H]2NC(=O)/C=C/C[C@@H]([C@H](C)[C@H]3O[C@@H]3c3ccc(CCC(=O)[C@H](C)NC(=O)[C@@H](C)C(C)C)cc3)OC(=O)[C@H](CC(C)(C)C)NC(=O)C(C)(C)C(C)NC2=O)cc1Cl. The van der Waals surface area contributed by atoms with Crippen LogP contribution < -0.4 is 26.0 Å². The lowest BCUT2D eigenvalue weighted by Gasteiger charge is -2.35. The summed E-state index contributed by atoms with van der Waals surface area (Å²) in [6, 6.07) is 9.67. The van der Waals surface area contributed by atoms with Crippen LogP contribution in [0.2, 0.25) is 5.02 Å². The lowest BCUT2D eigenvalue weighted by molar-refractivity contribution is -0.157. The second-order valence-corrected chi connectivity index (χ2v) is 19.8. The highest BCUT2D eigenvalue weighted by molar-refractivity contribution is 6.32. The number of nitrogens with one attached hydrogen (secondary N) is 4. The van der Waals surface area contributed by atoms with Crippen molar-refractivity contribution in [2.75, 3.05) is 7.11 Å². The van der Waals surface area contributed by atoms with Gasteiger partial charge in [0.15, 0.2) is 5.78 Å². The average molecular weight is 894 g/mol. The Morgan fingerprint density at radius 1 is 0.937 bits per heavy atom. The summed E-state index contributed by atoms with van der Waals surface area (Å²) in [6.45, 7) is 20.5. The third kappa shape index (κ3) is 14.4. The summed E-state index contributed by atoms with van der Waals surface area (Å²) < 4.78 is 17.7. The van der Waals surface area contributed by atoms with E-state index in [1.54, 1.807) is 52.0 Å². The number of cyclic esters (lactones) is 1. The van der Waals surface area contributed by atoms with E-state index in [1.165, 1.54) is 13.2 Å². The first-order valence-corrected chi connectivity index (χ1v) is 22.5. The van der Waals surface area contributed by atoms with E-state index in [1.807, 2.05) is 72.7 Å². The molecule has 2 heterocycles. The third-order valence-corrected chi connectivity index (χ3v) is 12.8. The minimum atomic E-state index is -1.18. The van der Waals surface area contributed by atoms with Crippen molar-refractivity contribution < 1.29 is 43.0 Å². The number of amides is 4. The van der Waals surface area contributed by atoms with Crippen molar-refractivity contribution in [3.63, 3.8) is 0 Å². The molecule has 2 aliphatic heterocycles. The molecule has 0 saturated carbocycles. The zero-order valence-corrected chi connectivity index (χ0v) is 39.8. The Morgan fingerprint density at radius 2 is 1.59 bits per heavy atom. The molecule has 4 amide bonds. The van der Waals surface area contributed by atoms with Gasteiger partial charge in [-0.25, -0.2) is 4.79 Å². The summed E-state index contributed by atoms with van der Waals surface area (Å²) in [5.41, 5.74) is 1.02. The molecule has 0 bridgehead atoms. The quantitative estimate of drug-likeness (QED) is 0.118. The Labute approximate surface area is 378 Å². The lowest BCUT2D eigenvalue weighted by Crippen LogP contribution is -2.58. The van der Waals surface area contributed by atoms with Crippen LogP contribution in [0.4, 0.5) is 0 Å². The van der Waals surface area contributed by atoms with Gasteiger partial charge in [0.25, 0.3) is 0 Å². The Morgan fingerprint density at radius 3 is 2.19 bits per heavy atom. The predicted octanol–water partition coefficient (Wildman–Crippen LogP) is 6.77. The van der Waals surface area contributed by atoms with Crippen molar-refractivity contribution in [3.8, 4) is 5.75 Å². The minimum absolute atomic E-state index is 0.0371. The van der Waals surface area contributed by atoms with E-state index >= 15 is 0 Å². The van der Waals surface area contributed by atoms with Crippen molar-refractivity contribution in [1.29, 1.82) is 0 Å². The summed E-state index contributed by atoms with van der Waals surface area (Å²) in [5, 5.41) is 11.9. The molecule has 0 spiro atoms. The average Bonchev–Trinajstić information content (AvgIpc) is 4.01. The predicted molar refractivity (Wildman–Crippen MR) is 243 cm³/mol. The van der Waals surface area contributed by atoms with Crippen LogP contribution in [0.3, 0.4) is 0 Å². The molecule has 1 saturated heterocycles. The fourth-order valence-electron chi connectivity index (χ4n) is 7.34. The van der Waals surface area contributed by atoms with Gasteiger partial charge in [0.2, 0.25) is 23.6 Å². The maximum absolute atomic E-state index is 14.1. The molecule has 346 valence electrons. The molecule has 1 unspecified atom stereocenters. The van der Waals surface area contributed by atoms with E-state index in [4.69, 9.17) is 25.8 Å². The van der Waals surface area contributed by atoms with E-state index in [-0.39, 0.29) is 72.8 Å². The van der Waals surface area contributed by atoms with Crippen LogP contribution in [0.1, 0.15) is 118 Å². The minimum Gasteiger partial charge on any atom is -0.495 e. The Hall–Kier alpha value is -4.75. The molecule has 2 aliphatic rings. The van der Waals surface area contributed by atoms with Gasteiger partial charge in [-0.05, 0) is 86.8 Å². The second-order valence-electron chi connectivity index (χ2n) is 19.4. The number of rotatable bonds is 14. The highest BCUT2D eigenvalue weighted by Gasteiger charge is 2.48. The van der Waals surface area contributed by atoms with E-state index in [0.29, 0.717) is 22.8 Å². The molecule has 13 nitrogen and oxygen atoms in total. The molecule has 0 aliphatic carbocycles. The fraction of sp³-hybridized carbons (Fsp3) is 0.592. The van der Waals surface area contributed by atoms with Gasteiger partial charge in [0.1, 0.15) is 30.0 Å². The Balaban J connectivity index is 1.54. The van der Waals surface area contributed by atoms with Gasteiger partial charge in [-0.2, -0.15) is 0 Å². The molecule has 2 aromatic carbocycles. The number of ether oxygens (including phenoxy) is 3. The van der Waals surface area contributed by atoms with Crippen LogP contribution in [-0.4, -0.2) is 78.9 Å². The molecule has 1 fully saturated rings. The van der Waals surface area contributed by atoms with Crippen molar-refractivity contribution in [3.05, 3.63) is 76.3 Å². The van der Waals surface area contributed by atoms with Gasteiger partial charge in [0, 0.05) is 37.1 Å². The maximum Gasteiger partial charge on any atom is 0.328 e. The molecule has 0 radical (unpaired) electrons. The maximum atomic E-state index is 14.1. The monoisotopic (exact) mass is 892 g/mol. The molecule has 9 atom stereocenters. The Bertz CT molecular complexity index is 1990. The fourth-order valence-corrected chi connectivity index (χ4v) is 7.62. The number of methoxy groups -OCH3 is 1. The molecule has 4 N–H and O–H groups in total. The normalized spacial score (nSPS) is 25.4. The van der Waals surface area contributed by atoms with Crippen LogP contribution in [0.5, 0.6) is 5.75 Å². The summed E-state index contributed by atoms with van der Waals surface area (Å²) in [7, 11) is 1.50. The molecule has 4 rings (SSSR count). The highest BCUT2D eigenvalue weighted by Crippen LogP contribution is 2.45. The zero-order valence-electron chi connectivity index (χ0n) is 39.1. The van der Waals surface area contributed by atoms with E-state index in [2.05, 4.69) is 21.3 Å². The van der Waals surface area contributed by atoms with Gasteiger partial charge in [-0.15, -0.1) is 0 Å². The number of carbonyl (C=O) groups excluding carboxylic acids is 6. The number of ketones is 1. The largest absolute Gasteiger partial charge is 0.495 e. The van der Waals surface area contributed by atoms with Gasteiger partial charge in [-0.3, -0.25) is 24.0 Å². The first-order valence-electron chi connectivity index (χ1n) is 22.1. The standard InChI is InChI=1S/C49H69ClN4O9/c1-27(2)28(3)44(57)51-30(5)38(55)22-18-32-16-20-34(21-17-32)43-42(63-43)29(4)39-14-13-15-41(56)53-36(25-33-19-23-40(61-12)35(50)24-33)45(58)52-31(6)49(10,11)47(60)54-37(46(59)62-39)26-48(7,8)9/h13,15-17,19-21,23-24,27-31,36-37,39,42-43H,14,18,22,25-26H2,1-12H3,(H,51,57)(H,52,58)(H,53,56)(H,54,60)/b15-13+/t28-,29-,30-,31?,36+,37-,39-,42+,43+/m0/s1. The van der Waals surface area contributed by atoms with Crippen molar-refractivity contribution >= 4 is 47.0 Å². The molecule has 0 aromatic heterocycles. The van der Waals surface area contributed by atoms with Gasteiger partial charge in [0.05, 0.1) is 29.7 Å². The molecule has 63 heavy (non-hydrogen) atoms. The van der Waals surface area contributed by atoms with E-state index in [9.17, 15) is 28.8 Å². The van der Waals surface area contributed by atoms with Crippen LogP contribution >= 0.6 is 11.6 Å². The van der Waals surface area contributed by atoms with Crippen molar-refractivity contribution in [1.82, 2.24) is 21.3 Å². The first-order chi connectivity index (χ1) is 29.4. The van der Waals surface area contributed by atoms with Gasteiger partial charge >= 0.3 is 5.97 Å². The van der Waals surface area contributed by atoms with Crippen molar-refractivity contribution in [2.45, 2.75) is 151 Å². The molecule has 14 heteroatoms. The van der Waals surface area contributed by atoms with Gasteiger partial charge in [-0.1, -0.05) is 96.5 Å². The number of hydrogen-bond acceptors (Lipinski definition) is 9. The van der Waals surface area contributed by atoms with E-state index in [0.717, 1.165) is 11.1 Å². The van der Waals surface area contributed by atoms with Crippen LogP contribution in [0.25, 0.3) is 0 Å². The smallest absolute Gasteiger partial charge is 0.328 e.